The van der Waals surface area contributed by atoms with Gasteiger partial charge in [-0.15, -0.1) is 0 Å². The number of nitro groups is 1. The minimum absolute atomic E-state index is 0.0680. The van der Waals surface area contributed by atoms with Gasteiger partial charge in [-0.1, -0.05) is 30.3 Å². The average Bonchev–Trinajstić information content (AvgIpc) is 2.92. The Morgan fingerprint density at radius 3 is 2.53 bits per heavy atom. The van der Waals surface area contributed by atoms with Crippen molar-refractivity contribution in [2.24, 2.45) is 0 Å². The maximum atomic E-state index is 12.0. The van der Waals surface area contributed by atoms with Gasteiger partial charge in [-0.25, -0.2) is 0 Å². The third-order valence-electron chi connectivity index (χ3n) is 2.87. The summed E-state index contributed by atoms with van der Waals surface area (Å²) < 4.78 is 5.02. The molecule has 1 atom stereocenters. The first kappa shape index (κ1) is 13.0. The van der Waals surface area contributed by atoms with Crippen molar-refractivity contribution in [3.63, 3.8) is 0 Å². The van der Waals surface area contributed by atoms with Gasteiger partial charge in [0.15, 0.2) is 11.5 Å². The molecule has 0 radical (unpaired) electrons. The zero-order valence-electron chi connectivity index (χ0n) is 10.2. The molecule has 0 aliphatic carbocycles. The Balaban J connectivity index is 2.15. The Labute approximate surface area is 110 Å². The number of benzene rings is 1. The molecule has 0 amide bonds. The van der Waals surface area contributed by atoms with Gasteiger partial charge in [0, 0.05) is 11.3 Å². The lowest BCUT2D eigenvalue weighted by Gasteiger charge is -2.11. The zero-order valence-corrected chi connectivity index (χ0v) is 10.2. The molecule has 0 aliphatic heterocycles. The molecule has 0 N–H and O–H groups in total. The number of nitrogens with zero attached hydrogens (tertiary/aromatic N) is 1. The number of furan rings is 1. The number of Topliss-reactive ketones (excluding diaryl/α,β-unsaturated/α-hetero) is 1. The van der Waals surface area contributed by atoms with Crippen molar-refractivity contribution in [3.05, 3.63) is 70.2 Å². The highest BCUT2D eigenvalue weighted by molar-refractivity contribution is 5.93. The van der Waals surface area contributed by atoms with Crippen molar-refractivity contribution in [3.8, 4) is 0 Å². The monoisotopic (exact) mass is 259 g/mol. The zero-order chi connectivity index (χ0) is 13.7. The molecular weight excluding hydrogens is 246 g/mol. The van der Waals surface area contributed by atoms with Crippen LogP contribution in [0.4, 0.5) is 0 Å². The molecule has 1 heterocycles. The van der Waals surface area contributed by atoms with E-state index < -0.39 is 10.8 Å². The Hall–Kier alpha value is -2.43. The van der Waals surface area contributed by atoms with E-state index in [1.54, 1.807) is 36.4 Å². The SMILES string of the molecule is O=C(CC(C[N+](=O)[O-])c1ccccc1)c1ccco1. The van der Waals surface area contributed by atoms with Gasteiger partial charge in [0.1, 0.15) is 0 Å². The fraction of sp³-hybridized carbons (Fsp3) is 0.214. The minimum Gasteiger partial charge on any atom is -0.461 e. The second kappa shape index (κ2) is 5.95. The molecule has 5 heteroatoms. The number of ketones is 1. The van der Waals surface area contributed by atoms with Crippen LogP contribution in [-0.4, -0.2) is 17.3 Å². The fourth-order valence-electron chi connectivity index (χ4n) is 1.95. The van der Waals surface area contributed by atoms with Crippen molar-refractivity contribution in [2.45, 2.75) is 12.3 Å². The molecule has 0 saturated carbocycles. The molecule has 98 valence electrons. The highest BCUT2D eigenvalue weighted by Crippen LogP contribution is 2.22. The van der Waals surface area contributed by atoms with Crippen LogP contribution < -0.4 is 0 Å². The van der Waals surface area contributed by atoms with Crippen LogP contribution in [0.25, 0.3) is 0 Å². The van der Waals surface area contributed by atoms with Crippen LogP contribution >= 0.6 is 0 Å². The lowest BCUT2D eigenvalue weighted by atomic mass is 9.93. The van der Waals surface area contributed by atoms with Crippen LogP contribution in [-0.2, 0) is 0 Å². The van der Waals surface area contributed by atoms with Crippen molar-refractivity contribution in [1.82, 2.24) is 0 Å². The van der Waals surface area contributed by atoms with E-state index in [4.69, 9.17) is 4.42 Å². The smallest absolute Gasteiger partial charge is 0.211 e. The fourth-order valence-corrected chi connectivity index (χ4v) is 1.95. The summed E-state index contributed by atoms with van der Waals surface area (Å²) in [6.07, 6.45) is 1.48. The molecule has 0 spiro atoms. The van der Waals surface area contributed by atoms with Crippen LogP contribution in [0, 0.1) is 10.1 Å². The minimum atomic E-state index is -0.436. The number of carbonyl (C=O) groups is 1. The Kier molecular flexibility index (Phi) is 4.07. The molecular formula is C14H13NO4. The van der Waals surface area contributed by atoms with Crippen molar-refractivity contribution in [2.75, 3.05) is 6.54 Å². The number of rotatable bonds is 6. The molecule has 2 aromatic rings. The number of hydrogen-bond donors (Lipinski definition) is 0. The van der Waals surface area contributed by atoms with Gasteiger partial charge in [0.25, 0.3) is 0 Å². The molecule has 0 fully saturated rings. The predicted octanol–water partition coefficient (Wildman–Crippen LogP) is 2.91. The molecule has 1 aromatic carbocycles. The first-order chi connectivity index (χ1) is 9.16. The van der Waals surface area contributed by atoms with E-state index >= 15 is 0 Å². The van der Waals surface area contributed by atoms with Gasteiger partial charge in [-0.05, 0) is 17.7 Å². The standard InChI is InChI=1S/C14H13NO4/c16-13(14-7-4-8-19-14)9-12(10-15(17)18)11-5-2-1-3-6-11/h1-8,12H,9-10H2. The maximum absolute atomic E-state index is 12.0. The topological polar surface area (TPSA) is 73.3 Å². The molecule has 0 saturated heterocycles. The molecule has 2 rings (SSSR count). The summed E-state index contributed by atoms with van der Waals surface area (Å²) in [6, 6.07) is 12.2. The summed E-state index contributed by atoms with van der Waals surface area (Å²) in [5, 5.41) is 10.7. The van der Waals surface area contributed by atoms with Crippen LogP contribution in [0.15, 0.2) is 53.1 Å². The van der Waals surface area contributed by atoms with Gasteiger partial charge in [0.05, 0.1) is 12.2 Å². The van der Waals surface area contributed by atoms with E-state index in [0.29, 0.717) is 0 Å². The quantitative estimate of drug-likeness (QED) is 0.454. The van der Waals surface area contributed by atoms with E-state index in [2.05, 4.69) is 0 Å². The van der Waals surface area contributed by atoms with E-state index in [1.165, 1.54) is 6.26 Å². The van der Waals surface area contributed by atoms with Gasteiger partial charge >= 0.3 is 0 Å². The molecule has 5 nitrogen and oxygen atoms in total. The van der Waals surface area contributed by atoms with Crippen LogP contribution in [0.2, 0.25) is 0 Å². The Morgan fingerprint density at radius 2 is 1.95 bits per heavy atom. The second-order valence-electron chi connectivity index (χ2n) is 4.23. The third-order valence-corrected chi connectivity index (χ3v) is 2.87. The highest BCUT2D eigenvalue weighted by Gasteiger charge is 2.23. The summed E-state index contributed by atoms with van der Waals surface area (Å²) in [7, 11) is 0. The molecule has 1 unspecified atom stereocenters. The summed E-state index contributed by atoms with van der Waals surface area (Å²) in [4.78, 5) is 22.3. The molecule has 19 heavy (non-hydrogen) atoms. The van der Waals surface area contributed by atoms with Crippen LogP contribution in [0.5, 0.6) is 0 Å². The molecule has 0 bridgehead atoms. The predicted molar refractivity (Wildman–Crippen MR) is 68.7 cm³/mol. The van der Waals surface area contributed by atoms with Crippen LogP contribution in [0.1, 0.15) is 28.5 Å². The van der Waals surface area contributed by atoms with Crippen molar-refractivity contribution in [1.29, 1.82) is 0 Å². The van der Waals surface area contributed by atoms with Crippen molar-refractivity contribution < 1.29 is 14.1 Å². The normalized spacial score (nSPS) is 12.0. The third kappa shape index (κ3) is 3.51. The average molecular weight is 259 g/mol. The van der Waals surface area contributed by atoms with Crippen molar-refractivity contribution >= 4 is 5.78 Å². The van der Waals surface area contributed by atoms with E-state index in [1.807, 2.05) is 6.07 Å². The second-order valence-corrected chi connectivity index (χ2v) is 4.23. The first-order valence-corrected chi connectivity index (χ1v) is 5.90. The van der Waals surface area contributed by atoms with Gasteiger partial charge in [-0.2, -0.15) is 0 Å². The largest absolute Gasteiger partial charge is 0.461 e. The maximum Gasteiger partial charge on any atom is 0.211 e. The lowest BCUT2D eigenvalue weighted by Crippen LogP contribution is -2.16. The molecule has 1 aromatic heterocycles. The number of hydrogen-bond acceptors (Lipinski definition) is 4. The van der Waals surface area contributed by atoms with Gasteiger partial charge in [0.2, 0.25) is 6.54 Å². The highest BCUT2D eigenvalue weighted by atomic mass is 16.6. The Bertz CT molecular complexity index is 548. The summed E-state index contributed by atoms with van der Waals surface area (Å²) >= 11 is 0. The Morgan fingerprint density at radius 1 is 1.21 bits per heavy atom. The summed E-state index contributed by atoms with van der Waals surface area (Å²) in [5.74, 6) is -0.418. The first-order valence-electron chi connectivity index (χ1n) is 5.90. The van der Waals surface area contributed by atoms with Gasteiger partial charge < -0.3 is 4.42 Å². The van der Waals surface area contributed by atoms with Gasteiger partial charge in [-0.3, -0.25) is 14.9 Å². The van der Waals surface area contributed by atoms with Crippen LogP contribution in [0.3, 0.4) is 0 Å². The summed E-state index contributed by atoms with van der Waals surface area (Å²) in [6.45, 7) is -0.267. The van der Waals surface area contributed by atoms with E-state index in [-0.39, 0.29) is 24.5 Å². The molecule has 0 aliphatic rings. The van der Waals surface area contributed by atoms with E-state index in [0.717, 1.165) is 5.56 Å². The number of carbonyl (C=O) groups excluding carboxylic acids is 1. The lowest BCUT2D eigenvalue weighted by molar-refractivity contribution is -0.483. The van der Waals surface area contributed by atoms with E-state index in [9.17, 15) is 14.9 Å². The summed E-state index contributed by atoms with van der Waals surface area (Å²) in [5.41, 5.74) is 0.791.